The summed E-state index contributed by atoms with van der Waals surface area (Å²) in [6.45, 7) is 16.9. The van der Waals surface area contributed by atoms with Gasteiger partial charge in [0.15, 0.2) is 5.78 Å². The molecule has 1 aromatic rings. The highest BCUT2D eigenvalue weighted by atomic mass is 16.5. The Balaban J connectivity index is 2.75. The van der Waals surface area contributed by atoms with Crippen molar-refractivity contribution in [1.82, 2.24) is 0 Å². The maximum atomic E-state index is 11.7. The lowest BCUT2D eigenvalue weighted by molar-refractivity contribution is 0.0570. The van der Waals surface area contributed by atoms with Crippen molar-refractivity contribution in [3.05, 3.63) is 34.9 Å². The predicted molar refractivity (Wildman–Crippen MR) is 94.7 cm³/mol. The molecule has 0 saturated heterocycles. The summed E-state index contributed by atoms with van der Waals surface area (Å²) in [7, 11) is 0. The van der Waals surface area contributed by atoms with Gasteiger partial charge in [-0.15, -0.1) is 0 Å². The van der Waals surface area contributed by atoms with E-state index in [1.54, 1.807) is 6.92 Å². The third kappa shape index (κ3) is 8.87. The van der Waals surface area contributed by atoms with E-state index in [1.807, 2.05) is 12.1 Å². The van der Waals surface area contributed by atoms with Gasteiger partial charge in [-0.05, 0) is 41.0 Å². The van der Waals surface area contributed by atoms with Crippen LogP contribution in [0.15, 0.2) is 18.2 Å². The van der Waals surface area contributed by atoms with E-state index >= 15 is 0 Å². The number of benzene rings is 1. The number of hydrogen-bond acceptors (Lipinski definition) is 3. The number of hydrogen-bond donors (Lipinski definition) is 0. The molecule has 0 bridgehead atoms. The van der Waals surface area contributed by atoms with E-state index in [2.05, 4.69) is 47.6 Å². The molecule has 130 valence electrons. The van der Waals surface area contributed by atoms with Gasteiger partial charge in [0.1, 0.15) is 0 Å². The second-order valence-corrected chi connectivity index (χ2v) is 8.70. The van der Waals surface area contributed by atoms with E-state index in [0.29, 0.717) is 26.4 Å². The van der Waals surface area contributed by atoms with Crippen LogP contribution in [-0.4, -0.2) is 19.0 Å². The highest BCUT2D eigenvalue weighted by molar-refractivity contribution is 5.94. The van der Waals surface area contributed by atoms with Crippen molar-refractivity contribution in [2.45, 2.75) is 61.7 Å². The summed E-state index contributed by atoms with van der Waals surface area (Å²) >= 11 is 0. The fourth-order valence-corrected chi connectivity index (χ4v) is 2.08. The van der Waals surface area contributed by atoms with Crippen molar-refractivity contribution in [2.24, 2.45) is 10.8 Å². The molecule has 0 spiro atoms. The van der Waals surface area contributed by atoms with Crippen LogP contribution in [-0.2, 0) is 22.7 Å². The summed E-state index contributed by atoms with van der Waals surface area (Å²) < 4.78 is 11.6. The van der Waals surface area contributed by atoms with E-state index in [9.17, 15) is 4.79 Å². The van der Waals surface area contributed by atoms with Crippen molar-refractivity contribution in [3.8, 4) is 0 Å². The molecule has 0 aliphatic rings. The first-order chi connectivity index (χ1) is 10.5. The number of Topliss-reactive ketones (excluding diaryl/α,β-unsaturated/α-hetero) is 1. The van der Waals surface area contributed by atoms with Crippen LogP contribution in [0.1, 0.15) is 70.0 Å². The lowest BCUT2D eigenvalue weighted by Gasteiger charge is -2.19. The lowest BCUT2D eigenvalue weighted by atomic mass is 9.98. The summed E-state index contributed by atoms with van der Waals surface area (Å²) in [5.74, 6) is 0.0692. The second kappa shape index (κ2) is 8.07. The van der Waals surface area contributed by atoms with E-state index in [4.69, 9.17) is 9.47 Å². The van der Waals surface area contributed by atoms with Gasteiger partial charge in [-0.3, -0.25) is 4.79 Å². The Hall–Kier alpha value is -1.19. The molecule has 0 fully saturated rings. The van der Waals surface area contributed by atoms with Crippen LogP contribution >= 0.6 is 0 Å². The maximum absolute atomic E-state index is 11.7. The maximum Gasteiger partial charge on any atom is 0.159 e. The Bertz CT molecular complexity index is 480. The first kappa shape index (κ1) is 19.9. The molecule has 0 amide bonds. The summed E-state index contributed by atoms with van der Waals surface area (Å²) in [6.07, 6.45) is 0. The Kier molecular flexibility index (Phi) is 6.97. The van der Waals surface area contributed by atoms with Gasteiger partial charge in [-0.2, -0.15) is 0 Å². The minimum Gasteiger partial charge on any atom is -0.376 e. The van der Waals surface area contributed by atoms with Crippen molar-refractivity contribution in [1.29, 1.82) is 0 Å². The number of ketones is 1. The predicted octanol–water partition coefficient (Wildman–Crippen LogP) is 5.01. The monoisotopic (exact) mass is 320 g/mol. The van der Waals surface area contributed by atoms with E-state index in [1.165, 1.54) is 0 Å². The summed E-state index contributed by atoms with van der Waals surface area (Å²) in [4.78, 5) is 11.7. The SMILES string of the molecule is CC(=O)c1cc(COCC(C)(C)C)cc(COCC(C)(C)C)c1. The standard InChI is InChI=1S/C20H32O3/c1-15(21)18-9-16(11-22-13-19(2,3)4)8-17(10-18)12-23-14-20(5,6)7/h8-10H,11-14H2,1-7H3. The molecule has 0 N–H and O–H groups in total. The molecule has 0 aliphatic carbocycles. The first-order valence-corrected chi connectivity index (χ1v) is 8.26. The van der Waals surface area contributed by atoms with Crippen LogP contribution in [0.4, 0.5) is 0 Å². The van der Waals surface area contributed by atoms with E-state index in [-0.39, 0.29) is 16.6 Å². The highest BCUT2D eigenvalue weighted by Crippen LogP contribution is 2.18. The molecule has 0 radical (unpaired) electrons. The van der Waals surface area contributed by atoms with Crippen molar-refractivity contribution >= 4 is 5.78 Å². The quantitative estimate of drug-likeness (QED) is 0.662. The fraction of sp³-hybridized carbons (Fsp3) is 0.650. The van der Waals surface area contributed by atoms with Crippen molar-refractivity contribution in [2.75, 3.05) is 13.2 Å². The molecule has 0 saturated carbocycles. The smallest absolute Gasteiger partial charge is 0.159 e. The van der Waals surface area contributed by atoms with Crippen LogP contribution in [0, 0.1) is 10.8 Å². The Morgan fingerprint density at radius 3 is 1.52 bits per heavy atom. The molecule has 0 aliphatic heterocycles. The number of carbonyl (C=O) groups excluding carboxylic acids is 1. The molecule has 1 aromatic carbocycles. The summed E-state index contributed by atoms with van der Waals surface area (Å²) in [5, 5.41) is 0. The molecule has 3 nitrogen and oxygen atoms in total. The molecule has 3 heteroatoms. The molecule has 23 heavy (non-hydrogen) atoms. The second-order valence-electron chi connectivity index (χ2n) is 8.70. The van der Waals surface area contributed by atoms with Gasteiger partial charge in [0.25, 0.3) is 0 Å². The molecule has 1 rings (SSSR count). The van der Waals surface area contributed by atoms with Crippen LogP contribution in [0.3, 0.4) is 0 Å². The molecule has 0 atom stereocenters. The van der Waals surface area contributed by atoms with Gasteiger partial charge in [0.05, 0.1) is 26.4 Å². The molecular formula is C20H32O3. The largest absolute Gasteiger partial charge is 0.376 e. The highest BCUT2D eigenvalue weighted by Gasteiger charge is 2.12. The Morgan fingerprint density at radius 2 is 1.22 bits per heavy atom. The summed E-state index contributed by atoms with van der Waals surface area (Å²) in [6, 6.07) is 5.90. The van der Waals surface area contributed by atoms with Crippen LogP contribution in [0.5, 0.6) is 0 Å². The molecule has 0 aromatic heterocycles. The molecule has 0 heterocycles. The Morgan fingerprint density at radius 1 is 0.826 bits per heavy atom. The van der Waals surface area contributed by atoms with Crippen LogP contribution in [0.25, 0.3) is 0 Å². The fourth-order valence-electron chi connectivity index (χ4n) is 2.08. The van der Waals surface area contributed by atoms with Crippen LogP contribution in [0.2, 0.25) is 0 Å². The van der Waals surface area contributed by atoms with Gasteiger partial charge in [0, 0.05) is 5.56 Å². The van der Waals surface area contributed by atoms with Crippen molar-refractivity contribution in [3.63, 3.8) is 0 Å². The topological polar surface area (TPSA) is 35.5 Å². The Labute approximate surface area is 141 Å². The molecule has 0 unspecified atom stereocenters. The van der Waals surface area contributed by atoms with Gasteiger partial charge >= 0.3 is 0 Å². The third-order valence-corrected chi connectivity index (χ3v) is 3.07. The first-order valence-electron chi connectivity index (χ1n) is 8.26. The van der Waals surface area contributed by atoms with Gasteiger partial charge in [0.2, 0.25) is 0 Å². The minimum absolute atomic E-state index is 0.0692. The zero-order valence-electron chi connectivity index (χ0n) is 15.8. The van der Waals surface area contributed by atoms with Gasteiger partial charge in [-0.1, -0.05) is 47.6 Å². The molecular weight excluding hydrogens is 288 g/mol. The zero-order valence-corrected chi connectivity index (χ0v) is 15.8. The number of rotatable bonds is 7. The average Bonchev–Trinajstić information content (AvgIpc) is 2.35. The van der Waals surface area contributed by atoms with E-state index in [0.717, 1.165) is 16.7 Å². The average molecular weight is 320 g/mol. The van der Waals surface area contributed by atoms with Crippen LogP contribution < -0.4 is 0 Å². The third-order valence-electron chi connectivity index (χ3n) is 3.07. The van der Waals surface area contributed by atoms with E-state index < -0.39 is 0 Å². The van der Waals surface area contributed by atoms with Gasteiger partial charge < -0.3 is 9.47 Å². The number of carbonyl (C=O) groups is 1. The zero-order chi connectivity index (χ0) is 17.7. The number of ether oxygens (including phenoxy) is 2. The van der Waals surface area contributed by atoms with Gasteiger partial charge in [-0.25, -0.2) is 0 Å². The summed E-state index contributed by atoms with van der Waals surface area (Å²) in [5.41, 5.74) is 3.04. The minimum atomic E-state index is 0.0692. The van der Waals surface area contributed by atoms with Crippen molar-refractivity contribution < 1.29 is 14.3 Å². The lowest BCUT2D eigenvalue weighted by Crippen LogP contribution is -2.15. The normalized spacial score (nSPS) is 12.5.